The normalized spacial score (nSPS) is 10.7. The van der Waals surface area contributed by atoms with Crippen molar-refractivity contribution in [1.29, 1.82) is 0 Å². The van der Waals surface area contributed by atoms with Crippen LogP contribution in [0.1, 0.15) is 12.5 Å². The van der Waals surface area contributed by atoms with Gasteiger partial charge in [-0.3, -0.25) is 0 Å². The second-order valence-electron chi connectivity index (χ2n) is 4.35. The van der Waals surface area contributed by atoms with Crippen LogP contribution in [0.5, 0.6) is 11.5 Å². The summed E-state index contributed by atoms with van der Waals surface area (Å²) in [5, 5.41) is 2.98. The molecule has 2 aromatic rings. The van der Waals surface area contributed by atoms with Crippen LogP contribution in [0, 0.1) is 17.5 Å². The van der Waals surface area contributed by atoms with Crippen LogP contribution in [0.25, 0.3) is 0 Å². The number of ether oxygens (including phenoxy) is 1. The Morgan fingerprint density at radius 3 is 2.33 bits per heavy atom. The van der Waals surface area contributed by atoms with Gasteiger partial charge in [0.15, 0.2) is 17.4 Å². The lowest BCUT2D eigenvalue weighted by atomic mass is 10.2. The van der Waals surface area contributed by atoms with Gasteiger partial charge in [-0.15, -0.1) is 0 Å². The Labute approximate surface area is 129 Å². The highest BCUT2D eigenvalue weighted by molar-refractivity contribution is 9.10. The summed E-state index contributed by atoms with van der Waals surface area (Å²) in [6.45, 7) is 2.96. The summed E-state index contributed by atoms with van der Waals surface area (Å²) in [6, 6.07) is 6.02. The molecule has 0 saturated heterocycles. The third kappa shape index (κ3) is 3.98. The molecule has 1 N–H and O–H groups in total. The van der Waals surface area contributed by atoms with Crippen molar-refractivity contribution >= 4 is 15.9 Å². The average molecular weight is 360 g/mol. The van der Waals surface area contributed by atoms with E-state index in [0.29, 0.717) is 18.7 Å². The van der Waals surface area contributed by atoms with Gasteiger partial charge in [0.2, 0.25) is 0 Å². The lowest BCUT2D eigenvalue weighted by Crippen LogP contribution is -2.12. The van der Waals surface area contributed by atoms with Gasteiger partial charge in [-0.2, -0.15) is 0 Å². The monoisotopic (exact) mass is 359 g/mol. The van der Waals surface area contributed by atoms with Crippen LogP contribution in [0.4, 0.5) is 13.2 Å². The summed E-state index contributed by atoms with van der Waals surface area (Å²) in [6.07, 6.45) is 0. The summed E-state index contributed by atoms with van der Waals surface area (Å²) in [4.78, 5) is 0. The van der Waals surface area contributed by atoms with E-state index in [-0.39, 0.29) is 10.2 Å². The first-order chi connectivity index (χ1) is 10.0. The van der Waals surface area contributed by atoms with Gasteiger partial charge in [-0.25, -0.2) is 13.2 Å². The van der Waals surface area contributed by atoms with Crippen molar-refractivity contribution in [3.63, 3.8) is 0 Å². The molecular formula is C15H13BrF3NO. The molecule has 0 fully saturated rings. The van der Waals surface area contributed by atoms with Gasteiger partial charge >= 0.3 is 0 Å². The van der Waals surface area contributed by atoms with Crippen molar-refractivity contribution in [2.24, 2.45) is 0 Å². The molecule has 2 aromatic carbocycles. The highest BCUT2D eigenvalue weighted by Gasteiger charge is 2.15. The Bertz CT molecular complexity index is 626. The topological polar surface area (TPSA) is 21.3 Å². The van der Waals surface area contributed by atoms with E-state index in [9.17, 15) is 13.2 Å². The number of halogens is 4. The van der Waals surface area contributed by atoms with Crippen LogP contribution in [-0.4, -0.2) is 6.54 Å². The molecule has 0 aliphatic carbocycles. The van der Waals surface area contributed by atoms with Crippen LogP contribution < -0.4 is 10.1 Å². The quantitative estimate of drug-likeness (QED) is 0.830. The summed E-state index contributed by atoms with van der Waals surface area (Å²) >= 11 is 3.08. The van der Waals surface area contributed by atoms with E-state index >= 15 is 0 Å². The van der Waals surface area contributed by atoms with Crippen molar-refractivity contribution in [3.8, 4) is 11.5 Å². The van der Waals surface area contributed by atoms with E-state index in [4.69, 9.17) is 4.74 Å². The summed E-state index contributed by atoms with van der Waals surface area (Å²) in [7, 11) is 0. The van der Waals surface area contributed by atoms with Crippen LogP contribution in [-0.2, 0) is 6.54 Å². The molecule has 2 rings (SSSR count). The minimum atomic E-state index is -0.806. The van der Waals surface area contributed by atoms with Gasteiger partial charge < -0.3 is 10.1 Å². The molecule has 0 aliphatic heterocycles. The highest BCUT2D eigenvalue weighted by atomic mass is 79.9. The molecule has 2 nitrogen and oxygen atoms in total. The molecule has 0 amide bonds. The number of hydrogen-bond acceptors (Lipinski definition) is 2. The number of rotatable bonds is 5. The molecule has 0 aromatic heterocycles. The maximum Gasteiger partial charge on any atom is 0.198 e. The zero-order valence-electron chi connectivity index (χ0n) is 11.2. The zero-order valence-corrected chi connectivity index (χ0v) is 12.8. The maximum atomic E-state index is 14.0. The van der Waals surface area contributed by atoms with E-state index in [1.54, 1.807) is 0 Å². The minimum absolute atomic E-state index is 0.133. The van der Waals surface area contributed by atoms with Crippen molar-refractivity contribution < 1.29 is 17.9 Å². The lowest BCUT2D eigenvalue weighted by Gasteiger charge is -2.11. The van der Waals surface area contributed by atoms with E-state index in [1.165, 1.54) is 18.2 Å². The first kappa shape index (κ1) is 15.9. The Morgan fingerprint density at radius 2 is 1.76 bits per heavy atom. The molecule has 0 bridgehead atoms. The van der Waals surface area contributed by atoms with Gasteiger partial charge in [0.25, 0.3) is 0 Å². The second-order valence-corrected chi connectivity index (χ2v) is 5.20. The molecule has 0 radical (unpaired) electrons. The molecular weight excluding hydrogens is 347 g/mol. The first-order valence-corrected chi connectivity index (χ1v) is 7.12. The van der Waals surface area contributed by atoms with Crippen molar-refractivity contribution in [2.45, 2.75) is 13.5 Å². The van der Waals surface area contributed by atoms with Crippen molar-refractivity contribution in [2.75, 3.05) is 6.54 Å². The SMILES string of the molecule is CCNCc1cc(F)c(Oc2ccc(F)cc2Br)c(F)c1. The Morgan fingerprint density at radius 1 is 1.10 bits per heavy atom. The molecule has 0 saturated carbocycles. The zero-order chi connectivity index (χ0) is 15.4. The third-order valence-corrected chi connectivity index (χ3v) is 3.36. The van der Waals surface area contributed by atoms with Crippen LogP contribution >= 0.6 is 15.9 Å². The van der Waals surface area contributed by atoms with Gasteiger partial charge in [-0.05, 0) is 58.4 Å². The first-order valence-electron chi connectivity index (χ1n) is 6.32. The summed E-state index contributed by atoms with van der Waals surface area (Å²) in [5.41, 5.74) is 0.484. The fourth-order valence-corrected chi connectivity index (χ4v) is 2.18. The maximum absolute atomic E-state index is 14.0. The second kappa shape index (κ2) is 6.95. The molecule has 0 unspecified atom stereocenters. The summed E-state index contributed by atoms with van der Waals surface area (Å²) in [5.74, 6) is -2.47. The molecule has 6 heteroatoms. The smallest absolute Gasteiger partial charge is 0.198 e. The van der Waals surface area contributed by atoms with Crippen LogP contribution in [0.15, 0.2) is 34.8 Å². The molecule has 112 valence electrons. The lowest BCUT2D eigenvalue weighted by molar-refractivity contribution is 0.403. The standard InChI is InChI=1S/C15H13BrF3NO/c1-2-20-8-9-5-12(18)15(13(19)6-9)21-14-4-3-10(17)7-11(14)16/h3-7,20H,2,8H2,1H3. The van der Waals surface area contributed by atoms with Gasteiger partial charge in [-0.1, -0.05) is 6.92 Å². The van der Waals surface area contributed by atoms with E-state index in [1.807, 2.05) is 6.92 Å². The number of nitrogens with one attached hydrogen (secondary N) is 1. The largest absolute Gasteiger partial charge is 0.450 e. The van der Waals surface area contributed by atoms with E-state index < -0.39 is 23.2 Å². The van der Waals surface area contributed by atoms with Crippen molar-refractivity contribution in [1.82, 2.24) is 5.32 Å². The van der Waals surface area contributed by atoms with E-state index in [2.05, 4.69) is 21.2 Å². The van der Waals surface area contributed by atoms with Crippen LogP contribution in [0.2, 0.25) is 0 Å². The molecule has 0 heterocycles. The number of benzene rings is 2. The molecule has 0 spiro atoms. The van der Waals surface area contributed by atoms with Gasteiger partial charge in [0.05, 0.1) is 4.47 Å². The summed E-state index contributed by atoms with van der Waals surface area (Å²) < 4.78 is 46.4. The fourth-order valence-electron chi connectivity index (χ4n) is 1.75. The molecule has 21 heavy (non-hydrogen) atoms. The van der Waals surface area contributed by atoms with Crippen molar-refractivity contribution in [3.05, 3.63) is 57.8 Å². The predicted molar refractivity (Wildman–Crippen MR) is 77.9 cm³/mol. The molecule has 0 aliphatic rings. The van der Waals surface area contributed by atoms with Gasteiger partial charge in [0, 0.05) is 6.54 Å². The Hall–Kier alpha value is -1.53. The van der Waals surface area contributed by atoms with Gasteiger partial charge in [0.1, 0.15) is 11.6 Å². The van der Waals surface area contributed by atoms with Crippen LogP contribution in [0.3, 0.4) is 0 Å². The highest BCUT2D eigenvalue weighted by Crippen LogP contribution is 2.33. The minimum Gasteiger partial charge on any atom is -0.450 e. The molecule has 0 atom stereocenters. The Kier molecular flexibility index (Phi) is 5.25. The number of hydrogen-bond donors (Lipinski definition) is 1. The fraction of sp³-hybridized carbons (Fsp3) is 0.200. The third-order valence-electron chi connectivity index (χ3n) is 2.74. The predicted octanol–water partition coefficient (Wildman–Crippen LogP) is 4.77. The van der Waals surface area contributed by atoms with E-state index in [0.717, 1.165) is 12.1 Å². The Balaban J connectivity index is 2.27. The average Bonchev–Trinajstić information content (AvgIpc) is 2.42.